The maximum Gasteiger partial charge on any atom is 0.229 e. The molecule has 25 heavy (non-hydrogen) atoms. The monoisotopic (exact) mass is 403 g/mol. The van der Waals surface area contributed by atoms with Gasteiger partial charge in [-0.15, -0.1) is 0 Å². The number of nitrogens with one attached hydrogen (secondary N) is 1. The van der Waals surface area contributed by atoms with Gasteiger partial charge in [-0.3, -0.25) is 14.4 Å². The second kappa shape index (κ2) is 6.84. The Balaban J connectivity index is 1.75. The number of hydrogen-bond donors (Lipinski definition) is 1. The molecule has 0 bridgehead atoms. The second-order valence-electron chi connectivity index (χ2n) is 6.24. The van der Waals surface area contributed by atoms with Gasteiger partial charge in [-0.2, -0.15) is 0 Å². The van der Waals surface area contributed by atoms with E-state index in [2.05, 4.69) is 21.2 Å². The Labute approximate surface area is 153 Å². The predicted octanol–water partition coefficient (Wildman–Crippen LogP) is 2.45. The largest absolute Gasteiger partial charge is 0.354 e. The maximum absolute atomic E-state index is 12.5. The molecule has 7 heteroatoms. The van der Waals surface area contributed by atoms with Gasteiger partial charge in [0.05, 0.1) is 10.4 Å². The lowest BCUT2D eigenvalue weighted by atomic mass is 10.1. The zero-order chi connectivity index (χ0) is 18.1. The second-order valence-corrected chi connectivity index (χ2v) is 7.10. The first-order valence-electron chi connectivity index (χ1n) is 7.89. The number of aromatic nitrogens is 1. The Morgan fingerprint density at radius 2 is 1.88 bits per heavy atom. The summed E-state index contributed by atoms with van der Waals surface area (Å²) in [5.41, 5.74) is 1.80. The fraction of sp³-hybridized carbons (Fsp3) is 0.278. The minimum atomic E-state index is -0.488. The van der Waals surface area contributed by atoms with E-state index >= 15 is 0 Å². The number of halogens is 1. The van der Waals surface area contributed by atoms with E-state index in [9.17, 15) is 14.4 Å². The van der Waals surface area contributed by atoms with E-state index in [0.29, 0.717) is 11.0 Å². The van der Waals surface area contributed by atoms with E-state index in [4.69, 9.17) is 0 Å². The summed E-state index contributed by atoms with van der Waals surface area (Å²) in [6, 6.07) is 7.61. The summed E-state index contributed by atoms with van der Waals surface area (Å²) in [4.78, 5) is 38.5. The van der Waals surface area contributed by atoms with Gasteiger partial charge in [-0.05, 0) is 35.0 Å². The predicted molar refractivity (Wildman–Crippen MR) is 99.7 cm³/mol. The molecule has 1 fully saturated rings. The molecule has 0 aliphatic carbocycles. The molecule has 130 valence electrons. The van der Waals surface area contributed by atoms with E-state index in [1.54, 1.807) is 28.9 Å². The lowest BCUT2D eigenvalue weighted by molar-refractivity contribution is -0.122. The number of anilines is 2. The molecule has 6 nitrogen and oxygen atoms in total. The Morgan fingerprint density at radius 3 is 2.56 bits per heavy atom. The molecule has 1 aromatic heterocycles. The van der Waals surface area contributed by atoms with Crippen LogP contribution in [0, 0.1) is 12.8 Å². The fourth-order valence-electron chi connectivity index (χ4n) is 2.85. The summed E-state index contributed by atoms with van der Waals surface area (Å²) in [5, 5.41) is 2.65. The number of carbonyl (C=O) groups is 2. The average molecular weight is 404 g/mol. The highest BCUT2D eigenvalue weighted by Crippen LogP contribution is 2.26. The highest BCUT2D eigenvalue weighted by atomic mass is 79.9. The molecule has 2 heterocycles. The standard InChI is InChI=1S/C18H18BrN3O3/c1-11-3-5-13(6-4-11)22-8-12(7-16(22)23)18(25)20-15-10-21(2)9-14(19)17(15)24/h3-6,9-10,12H,7-8H2,1-2H3,(H,20,25). The van der Waals surface area contributed by atoms with Gasteiger partial charge in [0.15, 0.2) is 0 Å². The molecule has 1 saturated heterocycles. The summed E-state index contributed by atoms with van der Waals surface area (Å²) < 4.78 is 2.05. The molecule has 1 aliphatic heterocycles. The van der Waals surface area contributed by atoms with Crippen molar-refractivity contribution in [2.45, 2.75) is 13.3 Å². The number of nitrogens with zero attached hydrogens (tertiary/aromatic N) is 2. The molecule has 1 unspecified atom stereocenters. The van der Waals surface area contributed by atoms with Crippen molar-refractivity contribution in [3.8, 4) is 0 Å². The first kappa shape index (κ1) is 17.4. The van der Waals surface area contributed by atoms with Crippen molar-refractivity contribution in [3.05, 3.63) is 56.9 Å². The van der Waals surface area contributed by atoms with Crippen LogP contribution in [0.1, 0.15) is 12.0 Å². The van der Waals surface area contributed by atoms with Crippen LogP contribution in [0.4, 0.5) is 11.4 Å². The number of aryl methyl sites for hydroxylation is 2. The van der Waals surface area contributed by atoms with E-state index in [1.807, 2.05) is 31.2 Å². The highest BCUT2D eigenvalue weighted by Gasteiger charge is 2.35. The van der Waals surface area contributed by atoms with Gasteiger partial charge < -0.3 is 14.8 Å². The van der Waals surface area contributed by atoms with Crippen LogP contribution in [0.15, 0.2) is 45.9 Å². The van der Waals surface area contributed by atoms with Crippen LogP contribution in [0.25, 0.3) is 0 Å². The van der Waals surface area contributed by atoms with Gasteiger partial charge in [-0.1, -0.05) is 17.7 Å². The van der Waals surface area contributed by atoms with Gasteiger partial charge in [0, 0.05) is 38.1 Å². The Bertz CT molecular complexity index is 889. The smallest absolute Gasteiger partial charge is 0.229 e. The average Bonchev–Trinajstić information content (AvgIpc) is 2.95. The van der Waals surface area contributed by atoms with Crippen LogP contribution in [0.3, 0.4) is 0 Å². The van der Waals surface area contributed by atoms with Gasteiger partial charge in [-0.25, -0.2) is 0 Å². The first-order valence-corrected chi connectivity index (χ1v) is 8.68. The van der Waals surface area contributed by atoms with Crippen LogP contribution in [-0.2, 0) is 16.6 Å². The lowest BCUT2D eigenvalue weighted by Gasteiger charge is -2.17. The van der Waals surface area contributed by atoms with Crippen LogP contribution >= 0.6 is 15.9 Å². The van der Waals surface area contributed by atoms with Gasteiger partial charge in [0.1, 0.15) is 5.69 Å². The lowest BCUT2D eigenvalue weighted by Crippen LogP contribution is -2.29. The Kier molecular flexibility index (Phi) is 4.76. The molecule has 2 amide bonds. The van der Waals surface area contributed by atoms with Crippen molar-refractivity contribution >= 4 is 39.1 Å². The van der Waals surface area contributed by atoms with Crippen molar-refractivity contribution in [3.63, 3.8) is 0 Å². The molecule has 1 atom stereocenters. The topological polar surface area (TPSA) is 71.4 Å². The molecular weight excluding hydrogens is 386 g/mol. The third kappa shape index (κ3) is 3.66. The van der Waals surface area contributed by atoms with Crippen LogP contribution < -0.4 is 15.6 Å². The van der Waals surface area contributed by atoms with Crippen LogP contribution in [0.2, 0.25) is 0 Å². The van der Waals surface area contributed by atoms with Gasteiger partial charge in [0.25, 0.3) is 0 Å². The van der Waals surface area contributed by atoms with Gasteiger partial charge >= 0.3 is 0 Å². The summed E-state index contributed by atoms with van der Waals surface area (Å²) in [7, 11) is 1.76. The normalized spacial score (nSPS) is 17.0. The summed E-state index contributed by atoms with van der Waals surface area (Å²) in [6.45, 7) is 2.28. The highest BCUT2D eigenvalue weighted by molar-refractivity contribution is 9.10. The van der Waals surface area contributed by atoms with Gasteiger partial charge in [0.2, 0.25) is 17.2 Å². The number of benzene rings is 1. The van der Waals surface area contributed by atoms with E-state index in [0.717, 1.165) is 11.3 Å². The van der Waals surface area contributed by atoms with E-state index in [1.165, 1.54) is 0 Å². The molecule has 0 spiro atoms. The summed E-state index contributed by atoms with van der Waals surface area (Å²) in [5.74, 6) is -0.901. The quantitative estimate of drug-likeness (QED) is 0.855. The molecule has 1 aliphatic rings. The molecule has 0 radical (unpaired) electrons. The zero-order valence-electron chi connectivity index (χ0n) is 14.0. The van der Waals surface area contributed by atoms with Crippen molar-refractivity contribution in [2.75, 3.05) is 16.8 Å². The summed E-state index contributed by atoms with van der Waals surface area (Å²) >= 11 is 3.18. The Morgan fingerprint density at radius 1 is 1.20 bits per heavy atom. The van der Waals surface area contributed by atoms with E-state index < -0.39 is 5.92 Å². The number of rotatable bonds is 3. The number of hydrogen-bond acceptors (Lipinski definition) is 3. The maximum atomic E-state index is 12.5. The van der Waals surface area contributed by atoms with Crippen LogP contribution in [-0.4, -0.2) is 22.9 Å². The molecule has 2 aromatic rings. The molecule has 1 aromatic carbocycles. The molecule has 1 N–H and O–H groups in total. The van der Waals surface area contributed by atoms with Crippen molar-refractivity contribution < 1.29 is 9.59 Å². The number of carbonyl (C=O) groups excluding carboxylic acids is 2. The van der Waals surface area contributed by atoms with Crippen molar-refractivity contribution in [1.82, 2.24) is 4.57 Å². The van der Waals surface area contributed by atoms with Crippen molar-refractivity contribution in [2.24, 2.45) is 13.0 Å². The molecule has 0 saturated carbocycles. The number of pyridine rings is 1. The van der Waals surface area contributed by atoms with Crippen LogP contribution in [0.5, 0.6) is 0 Å². The van der Waals surface area contributed by atoms with Crippen molar-refractivity contribution in [1.29, 1.82) is 0 Å². The molecular formula is C18H18BrN3O3. The zero-order valence-corrected chi connectivity index (χ0v) is 15.5. The Hall–Kier alpha value is -2.41. The number of amides is 2. The van der Waals surface area contributed by atoms with E-state index in [-0.39, 0.29) is 29.4 Å². The third-order valence-corrected chi connectivity index (χ3v) is 4.78. The fourth-order valence-corrected chi connectivity index (χ4v) is 3.38. The first-order chi connectivity index (χ1) is 11.8. The SMILES string of the molecule is Cc1ccc(N2CC(C(=O)Nc3cn(C)cc(Br)c3=O)CC2=O)cc1. The minimum absolute atomic E-state index is 0.0915. The third-order valence-electron chi connectivity index (χ3n) is 4.21. The minimum Gasteiger partial charge on any atom is -0.354 e. The summed E-state index contributed by atoms with van der Waals surface area (Å²) in [6.07, 6.45) is 3.31. The molecule has 3 rings (SSSR count).